The molecular formula is C10H15N3O2. The molecule has 5 nitrogen and oxygen atoms in total. The Labute approximate surface area is 88.0 Å². The number of carbonyl (C=O) groups is 1. The van der Waals surface area contributed by atoms with Crippen LogP contribution in [-0.4, -0.2) is 28.7 Å². The second-order valence-corrected chi connectivity index (χ2v) is 3.79. The minimum Gasteiger partial charge on any atom is -0.383 e. The lowest BCUT2D eigenvalue weighted by Gasteiger charge is -2.07. The van der Waals surface area contributed by atoms with Crippen molar-refractivity contribution in [3.8, 4) is 0 Å². The van der Waals surface area contributed by atoms with Gasteiger partial charge in [0, 0.05) is 13.0 Å². The molecule has 1 aromatic heterocycles. The summed E-state index contributed by atoms with van der Waals surface area (Å²) in [5.41, 5.74) is 6.05. The average molecular weight is 209 g/mol. The van der Waals surface area contributed by atoms with E-state index in [1.54, 1.807) is 0 Å². The second-order valence-electron chi connectivity index (χ2n) is 3.79. The summed E-state index contributed by atoms with van der Waals surface area (Å²) in [5.74, 6) is 0.393. The quantitative estimate of drug-likeness (QED) is 0.728. The third-order valence-corrected chi connectivity index (χ3v) is 2.69. The van der Waals surface area contributed by atoms with Gasteiger partial charge in [0.25, 0.3) is 0 Å². The molecule has 2 heterocycles. The maximum atomic E-state index is 11.7. The summed E-state index contributed by atoms with van der Waals surface area (Å²) in [7, 11) is 0. The third-order valence-electron chi connectivity index (χ3n) is 2.69. The highest BCUT2D eigenvalue weighted by molar-refractivity contribution is 5.99. The van der Waals surface area contributed by atoms with Gasteiger partial charge in [-0.1, -0.05) is 0 Å². The van der Waals surface area contributed by atoms with Gasteiger partial charge in [0.15, 0.2) is 5.78 Å². The maximum absolute atomic E-state index is 11.7. The van der Waals surface area contributed by atoms with Crippen LogP contribution in [0.4, 0.5) is 5.82 Å². The fourth-order valence-electron chi connectivity index (χ4n) is 1.82. The highest BCUT2D eigenvalue weighted by Crippen LogP contribution is 2.19. The number of ketones is 1. The fraction of sp³-hybridized carbons (Fsp3) is 0.600. The molecule has 0 aliphatic carbocycles. The first kappa shape index (κ1) is 10.2. The number of anilines is 1. The standard InChI is InChI=1S/C10H15N3O2/c11-10-8(6-12-13-10)9(14)4-3-7-2-1-5-15-7/h6-7H,1-5H2,(H3,11,12,13). The second kappa shape index (κ2) is 4.44. The van der Waals surface area contributed by atoms with Crippen LogP contribution in [0, 0.1) is 0 Å². The van der Waals surface area contributed by atoms with E-state index >= 15 is 0 Å². The number of nitrogens with one attached hydrogen (secondary N) is 1. The largest absolute Gasteiger partial charge is 0.383 e. The first-order valence-corrected chi connectivity index (χ1v) is 5.21. The van der Waals surface area contributed by atoms with E-state index in [9.17, 15) is 4.79 Å². The zero-order valence-electron chi connectivity index (χ0n) is 8.53. The van der Waals surface area contributed by atoms with E-state index in [-0.39, 0.29) is 11.9 Å². The first-order valence-electron chi connectivity index (χ1n) is 5.21. The van der Waals surface area contributed by atoms with Gasteiger partial charge in [0.2, 0.25) is 0 Å². The highest BCUT2D eigenvalue weighted by atomic mass is 16.5. The van der Waals surface area contributed by atoms with Crippen molar-refractivity contribution >= 4 is 11.6 Å². The van der Waals surface area contributed by atoms with Gasteiger partial charge in [0.1, 0.15) is 5.82 Å². The van der Waals surface area contributed by atoms with Crippen molar-refractivity contribution in [2.24, 2.45) is 0 Å². The topological polar surface area (TPSA) is 81.0 Å². The number of nitrogens with zero attached hydrogens (tertiary/aromatic N) is 1. The Balaban J connectivity index is 1.84. The number of ether oxygens (including phenoxy) is 1. The van der Waals surface area contributed by atoms with Gasteiger partial charge in [-0.15, -0.1) is 0 Å². The van der Waals surface area contributed by atoms with Crippen molar-refractivity contribution < 1.29 is 9.53 Å². The average Bonchev–Trinajstić information content (AvgIpc) is 2.84. The molecule has 1 saturated heterocycles. The summed E-state index contributed by atoms with van der Waals surface area (Å²) in [5, 5.41) is 6.27. The van der Waals surface area contributed by atoms with Crippen molar-refractivity contribution in [2.75, 3.05) is 12.3 Å². The molecule has 1 atom stereocenters. The maximum Gasteiger partial charge on any atom is 0.168 e. The smallest absolute Gasteiger partial charge is 0.168 e. The summed E-state index contributed by atoms with van der Waals surface area (Å²) in [6.45, 7) is 0.826. The zero-order chi connectivity index (χ0) is 10.7. The normalized spacial score (nSPS) is 20.7. The number of nitrogens with two attached hydrogens (primary N) is 1. The number of hydrogen-bond acceptors (Lipinski definition) is 4. The Morgan fingerprint density at radius 2 is 2.60 bits per heavy atom. The molecular weight excluding hydrogens is 194 g/mol. The van der Waals surface area contributed by atoms with Crippen LogP contribution in [-0.2, 0) is 4.74 Å². The van der Waals surface area contributed by atoms with Crippen LogP contribution in [0.1, 0.15) is 36.0 Å². The lowest BCUT2D eigenvalue weighted by Crippen LogP contribution is -2.09. The summed E-state index contributed by atoms with van der Waals surface area (Å²) in [4.78, 5) is 11.7. The predicted molar refractivity (Wildman–Crippen MR) is 55.5 cm³/mol. The molecule has 1 fully saturated rings. The Bertz CT molecular complexity index is 342. The van der Waals surface area contributed by atoms with Gasteiger partial charge in [-0.05, 0) is 19.3 Å². The molecule has 0 spiro atoms. The summed E-state index contributed by atoms with van der Waals surface area (Å²) in [6.07, 6.45) is 5.16. The van der Waals surface area contributed by atoms with Crippen LogP contribution in [0.5, 0.6) is 0 Å². The van der Waals surface area contributed by atoms with Crippen molar-refractivity contribution in [3.05, 3.63) is 11.8 Å². The van der Waals surface area contributed by atoms with Crippen LogP contribution in [0.2, 0.25) is 0 Å². The number of carbonyl (C=O) groups excluding carboxylic acids is 1. The van der Waals surface area contributed by atoms with Crippen molar-refractivity contribution in [1.29, 1.82) is 0 Å². The number of nitrogen functional groups attached to an aromatic ring is 1. The molecule has 1 aliphatic rings. The molecule has 1 aliphatic heterocycles. The van der Waals surface area contributed by atoms with Crippen molar-refractivity contribution in [1.82, 2.24) is 10.2 Å². The molecule has 5 heteroatoms. The number of H-pyrrole nitrogens is 1. The molecule has 1 unspecified atom stereocenters. The van der Waals surface area contributed by atoms with Crippen LogP contribution in [0.3, 0.4) is 0 Å². The number of hydrogen-bond donors (Lipinski definition) is 2. The van der Waals surface area contributed by atoms with Crippen LogP contribution < -0.4 is 5.73 Å². The molecule has 82 valence electrons. The zero-order valence-corrected chi connectivity index (χ0v) is 8.53. The van der Waals surface area contributed by atoms with Gasteiger partial charge in [-0.3, -0.25) is 9.89 Å². The summed E-state index contributed by atoms with van der Waals surface area (Å²) >= 11 is 0. The van der Waals surface area contributed by atoms with E-state index in [4.69, 9.17) is 10.5 Å². The van der Waals surface area contributed by atoms with Crippen molar-refractivity contribution in [3.63, 3.8) is 0 Å². The van der Waals surface area contributed by atoms with Crippen molar-refractivity contribution in [2.45, 2.75) is 31.8 Å². The number of aromatic nitrogens is 2. The monoisotopic (exact) mass is 209 g/mol. The highest BCUT2D eigenvalue weighted by Gasteiger charge is 2.18. The molecule has 0 saturated carbocycles. The van der Waals surface area contributed by atoms with E-state index in [2.05, 4.69) is 10.2 Å². The predicted octanol–water partition coefficient (Wildman–Crippen LogP) is 1.13. The Morgan fingerprint density at radius 1 is 1.73 bits per heavy atom. The molecule has 1 aromatic rings. The number of Topliss-reactive ketones (excluding diaryl/α,β-unsaturated/α-hetero) is 1. The number of aromatic amines is 1. The lowest BCUT2D eigenvalue weighted by atomic mass is 10.1. The van der Waals surface area contributed by atoms with Crippen LogP contribution in [0.25, 0.3) is 0 Å². The van der Waals surface area contributed by atoms with Crippen LogP contribution in [0.15, 0.2) is 6.20 Å². The molecule has 2 rings (SSSR count). The van der Waals surface area contributed by atoms with Gasteiger partial charge < -0.3 is 10.5 Å². The van der Waals surface area contributed by atoms with E-state index < -0.39 is 0 Å². The van der Waals surface area contributed by atoms with Gasteiger partial charge in [-0.2, -0.15) is 5.10 Å². The Kier molecular flexibility index (Phi) is 3.01. The van der Waals surface area contributed by atoms with Gasteiger partial charge in [0.05, 0.1) is 17.9 Å². The molecule has 0 aromatic carbocycles. The van der Waals surface area contributed by atoms with Crippen LogP contribution >= 0.6 is 0 Å². The molecule has 15 heavy (non-hydrogen) atoms. The molecule has 0 amide bonds. The van der Waals surface area contributed by atoms with E-state index in [1.807, 2.05) is 0 Å². The first-order chi connectivity index (χ1) is 7.27. The summed E-state index contributed by atoms with van der Waals surface area (Å²) < 4.78 is 5.44. The molecule has 0 bridgehead atoms. The van der Waals surface area contributed by atoms with E-state index in [0.29, 0.717) is 17.8 Å². The molecule has 0 radical (unpaired) electrons. The van der Waals surface area contributed by atoms with E-state index in [1.165, 1.54) is 6.20 Å². The number of rotatable bonds is 4. The van der Waals surface area contributed by atoms with E-state index in [0.717, 1.165) is 25.9 Å². The Morgan fingerprint density at radius 3 is 3.20 bits per heavy atom. The van der Waals surface area contributed by atoms with Gasteiger partial charge >= 0.3 is 0 Å². The van der Waals surface area contributed by atoms with Gasteiger partial charge in [-0.25, -0.2) is 0 Å². The summed E-state index contributed by atoms with van der Waals surface area (Å²) in [6, 6.07) is 0. The fourth-order valence-corrected chi connectivity index (χ4v) is 1.82. The molecule has 3 N–H and O–H groups in total. The SMILES string of the molecule is Nc1[nH]ncc1C(=O)CCC1CCCO1. The minimum atomic E-state index is 0.0387. The lowest BCUT2D eigenvalue weighted by molar-refractivity contribution is 0.0860. The Hall–Kier alpha value is -1.36. The minimum absolute atomic E-state index is 0.0387. The third kappa shape index (κ3) is 2.36.